The van der Waals surface area contributed by atoms with E-state index in [2.05, 4.69) is 24.2 Å². The first-order valence-corrected chi connectivity index (χ1v) is 9.03. The molecule has 0 aromatic rings. The van der Waals surface area contributed by atoms with Crippen LogP contribution in [-0.2, 0) is 0 Å². The summed E-state index contributed by atoms with van der Waals surface area (Å²) in [6.07, 6.45) is 10.5. The first-order valence-electron chi connectivity index (χ1n) is 9.03. The minimum Gasteiger partial charge on any atom is -0.313 e. The van der Waals surface area contributed by atoms with Crippen molar-refractivity contribution in [1.29, 1.82) is 0 Å². The Balaban J connectivity index is 1.35. The van der Waals surface area contributed by atoms with Crippen molar-refractivity contribution in [3.8, 4) is 0 Å². The molecule has 0 spiro atoms. The van der Waals surface area contributed by atoms with E-state index in [0.29, 0.717) is 5.41 Å². The van der Waals surface area contributed by atoms with Crippen LogP contribution < -0.4 is 5.32 Å². The van der Waals surface area contributed by atoms with Gasteiger partial charge >= 0.3 is 0 Å². The highest BCUT2D eigenvalue weighted by Crippen LogP contribution is 2.53. The molecule has 4 aliphatic carbocycles. The maximum Gasteiger partial charge on any atom is 0.0124 e. The maximum absolute atomic E-state index is 4.07. The second-order valence-corrected chi connectivity index (χ2v) is 8.95. The summed E-state index contributed by atoms with van der Waals surface area (Å²) in [5.41, 5.74) is 0.557. The Kier molecular flexibility index (Phi) is 3.38. The molecule has 0 atom stereocenters. The van der Waals surface area contributed by atoms with Gasteiger partial charge in [0.05, 0.1) is 0 Å². The quantitative estimate of drug-likeness (QED) is 0.852. The van der Waals surface area contributed by atoms with E-state index in [9.17, 15) is 0 Å². The molecule has 20 heavy (non-hydrogen) atoms. The Hall–Kier alpha value is -0.0800. The molecule has 0 radical (unpaired) electrons. The van der Waals surface area contributed by atoms with Gasteiger partial charge in [-0.05, 0) is 94.2 Å². The predicted molar refractivity (Wildman–Crippen MR) is 83.7 cm³/mol. The van der Waals surface area contributed by atoms with Crippen LogP contribution in [0.3, 0.4) is 0 Å². The van der Waals surface area contributed by atoms with Gasteiger partial charge in [-0.3, -0.25) is 0 Å². The van der Waals surface area contributed by atoms with E-state index >= 15 is 0 Å². The molecule has 5 aliphatic rings. The molecule has 114 valence electrons. The highest BCUT2D eigenvalue weighted by molar-refractivity contribution is 5.02. The molecule has 1 saturated heterocycles. The van der Waals surface area contributed by atoms with Crippen molar-refractivity contribution in [1.82, 2.24) is 10.2 Å². The van der Waals surface area contributed by atoms with E-state index < -0.39 is 0 Å². The first kappa shape index (κ1) is 13.6. The van der Waals surface area contributed by atoms with E-state index in [-0.39, 0.29) is 0 Å². The van der Waals surface area contributed by atoms with Gasteiger partial charge in [-0.2, -0.15) is 0 Å². The fourth-order valence-corrected chi connectivity index (χ4v) is 5.96. The fourth-order valence-electron chi connectivity index (χ4n) is 5.96. The molecule has 5 rings (SSSR count). The Labute approximate surface area is 124 Å². The second-order valence-electron chi connectivity index (χ2n) is 8.95. The second kappa shape index (κ2) is 4.98. The molecule has 0 unspecified atom stereocenters. The zero-order valence-corrected chi connectivity index (χ0v) is 13.4. The Morgan fingerprint density at radius 2 is 1.50 bits per heavy atom. The van der Waals surface area contributed by atoms with Gasteiger partial charge in [-0.15, -0.1) is 0 Å². The molecular formula is C18H32N2. The summed E-state index contributed by atoms with van der Waals surface area (Å²) < 4.78 is 0. The van der Waals surface area contributed by atoms with E-state index in [0.717, 1.165) is 29.7 Å². The maximum atomic E-state index is 4.07. The van der Waals surface area contributed by atoms with E-state index in [1.165, 1.54) is 32.5 Å². The van der Waals surface area contributed by atoms with Gasteiger partial charge < -0.3 is 10.2 Å². The van der Waals surface area contributed by atoms with E-state index in [1.54, 1.807) is 32.1 Å². The van der Waals surface area contributed by atoms with Gasteiger partial charge in [0, 0.05) is 12.6 Å². The summed E-state index contributed by atoms with van der Waals surface area (Å²) in [4.78, 5) is 2.49. The van der Waals surface area contributed by atoms with Crippen LogP contribution in [0.2, 0.25) is 0 Å². The van der Waals surface area contributed by atoms with Crippen molar-refractivity contribution in [2.45, 2.75) is 57.9 Å². The molecule has 1 heterocycles. The molecule has 0 amide bonds. The average molecular weight is 276 g/mol. The predicted octanol–water partition coefficient (Wildman–Crippen LogP) is 3.13. The SMILES string of the molecule is CN1CCC(C)(CNC2C3CC4CC(C3)CC2C4)CC1. The van der Waals surface area contributed by atoms with E-state index in [4.69, 9.17) is 0 Å². The van der Waals surface area contributed by atoms with Crippen LogP contribution in [0.4, 0.5) is 0 Å². The summed E-state index contributed by atoms with van der Waals surface area (Å²) in [6, 6.07) is 0.874. The lowest BCUT2D eigenvalue weighted by atomic mass is 9.54. The summed E-state index contributed by atoms with van der Waals surface area (Å²) in [7, 11) is 2.27. The molecule has 2 heteroatoms. The van der Waals surface area contributed by atoms with Crippen LogP contribution in [0, 0.1) is 29.1 Å². The largest absolute Gasteiger partial charge is 0.313 e. The van der Waals surface area contributed by atoms with Crippen molar-refractivity contribution in [2.75, 3.05) is 26.7 Å². The normalized spacial score (nSPS) is 46.8. The van der Waals surface area contributed by atoms with Crippen LogP contribution in [0.15, 0.2) is 0 Å². The summed E-state index contributed by atoms with van der Waals surface area (Å²) >= 11 is 0. The minimum atomic E-state index is 0.557. The van der Waals surface area contributed by atoms with Gasteiger partial charge in [0.15, 0.2) is 0 Å². The van der Waals surface area contributed by atoms with E-state index in [1.807, 2.05) is 0 Å². The average Bonchev–Trinajstić information content (AvgIpc) is 2.41. The number of likely N-dealkylation sites (tertiary alicyclic amines) is 1. The van der Waals surface area contributed by atoms with Crippen molar-refractivity contribution in [2.24, 2.45) is 29.1 Å². The monoisotopic (exact) mass is 276 g/mol. The lowest BCUT2D eigenvalue weighted by Crippen LogP contribution is -2.56. The lowest BCUT2D eigenvalue weighted by molar-refractivity contribution is -0.0189. The third kappa shape index (κ3) is 2.43. The molecule has 2 nitrogen and oxygen atoms in total. The van der Waals surface area contributed by atoms with Crippen LogP contribution in [0.1, 0.15) is 51.9 Å². The van der Waals surface area contributed by atoms with Crippen LogP contribution in [0.5, 0.6) is 0 Å². The van der Waals surface area contributed by atoms with Crippen molar-refractivity contribution in [3.05, 3.63) is 0 Å². The number of hydrogen-bond donors (Lipinski definition) is 1. The van der Waals surface area contributed by atoms with Crippen LogP contribution in [-0.4, -0.2) is 37.6 Å². The Bertz CT molecular complexity index is 328. The smallest absolute Gasteiger partial charge is 0.0124 e. The van der Waals surface area contributed by atoms with Gasteiger partial charge in [0.2, 0.25) is 0 Å². The number of nitrogens with zero attached hydrogens (tertiary/aromatic N) is 1. The standard InChI is InChI=1S/C18H32N2/c1-18(3-5-20(2)6-4-18)12-19-17-15-8-13-7-14(10-15)11-16(17)9-13/h13-17,19H,3-12H2,1-2H3. The molecular weight excluding hydrogens is 244 g/mol. The highest BCUT2D eigenvalue weighted by Gasteiger charge is 2.48. The van der Waals surface area contributed by atoms with Crippen molar-refractivity contribution < 1.29 is 0 Å². The first-order chi connectivity index (χ1) is 9.61. The van der Waals surface area contributed by atoms with Crippen LogP contribution in [0.25, 0.3) is 0 Å². The number of nitrogens with one attached hydrogen (secondary N) is 1. The molecule has 0 aromatic heterocycles. The van der Waals surface area contributed by atoms with Crippen LogP contribution >= 0.6 is 0 Å². The summed E-state index contributed by atoms with van der Waals surface area (Å²) in [6.45, 7) is 6.37. The fraction of sp³-hybridized carbons (Fsp3) is 1.00. The topological polar surface area (TPSA) is 15.3 Å². The molecule has 0 aromatic carbocycles. The van der Waals surface area contributed by atoms with Gasteiger partial charge in [0.25, 0.3) is 0 Å². The minimum absolute atomic E-state index is 0.557. The van der Waals surface area contributed by atoms with Crippen molar-refractivity contribution in [3.63, 3.8) is 0 Å². The van der Waals surface area contributed by atoms with Gasteiger partial charge in [-0.25, -0.2) is 0 Å². The zero-order chi connectivity index (χ0) is 13.7. The number of piperidine rings is 1. The molecule has 5 fully saturated rings. The van der Waals surface area contributed by atoms with Crippen molar-refractivity contribution >= 4 is 0 Å². The summed E-state index contributed by atoms with van der Waals surface area (Å²) in [5, 5.41) is 4.07. The third-order valence-corrected chi connectivity index (χ3v) is 7.19. The molecule has 4 saturated carbocycles. The Morgan fingerprint density at radius 3 is 2.05 bits per heavy atom. The molecule has 1 N–H and O–H groups in total. The van der Waals surface area contributed by atoms with Gasteiger partial charge in [0.1, 0.15) is 0 Å². The summed E-state index contributed by atoms with van der Waals surface area (Å²) in [5.74, 6) is 4.27. The molecule has 1 aliphatic heterocycles. The number of hydrogen-bond acceptors (Lipinski definition) is 2. The Morgan fingerprint density at radius 1 is 0.950 bits per heavy atom. The lowest BCUT2D eigenvalue weighted by Gasteiger charge is -2.55. The molecule has 4 bridgehead atoms. The van der Waals surface area contributed by atoms with Gasteiger partial charge in [-0.1, -0.05) is 6.92 Å². The zero-order valence-electron chi connectivity index (χ0n) is 13.4. The number of rotatable bonds is 3. The highest BCUT2D eigenvalue weighted by atomic mass is 15.1. The third-order valence-electron chi connectivity index (χ3n) is 7.19.